The highest BCUT2D eigenvalue weighted by Gasteiger charge is 2.70. The second-order valence-corrected chi connectivity index (χ2v) is 4.98. The molecular weight excluding hydrogens is 208 g/mol. The van der Waals surface area contributed by atoms with Crippen LogP contribution in [0.3, 0.4) is 0 Å². The molecule has 0 amide bonds. The SMILES string of the molecule is CCOC(=O)C1(C2(O)CCCOC2)CC1C. The molecule has 0 aromatic heterocycles. The highest BCUT2D eigenvalue weighted by atomic mass is 16.5. The van der Waals surface area contributed by atoms with Crippen LogP contribution in [0, 0.1) is 11.3 Å². The third-order valence-electron chi connectivity index (χ3n) is 4.00. The Balaban J connectivity index is 2.18. The van der Waals surface area contributed by atoms with Crippen LogP contribution in [0.25, 0.3) is 0 Å². The van der Waals surface area contributed by atoms with Gasteiger partial charge in [-0.1, -0.05) is 6.92 Å². The quantitative estimate of drug-likeness (QED) is 0.735. The Labute approximate surface area is 95.9 Å². The Morgan fingerprint density at radius 2 is 2.31 bits per heavy atom. The van der Waals surface area contributed by atoms with E-state index >= 15 is 0 Å². The smallest absolute Gasteiger partial charge is 0.315 e. The minimum atomic E-state index is -1.02. The summed E-state index contributed by atoms with van der Waals surface area (Å²) in [6.07, 6.45) is 2.16. The topological polar surface area (TPSA) is 55.8 Å². The predicted molar refractivity (Wildman–Crippen MR) is 57.8 cm³/mol. The molecule has 1 saturated heterocycles. The summed E-state index contributed by atoms with van der Waals surface area (Å²) in [5, 5.41) is 10.6. The fourth-order valence-electron chi connectivity index (χ4n) is 2.94. The van der Waals surface area contributed by atoms with E-state index < -0.39 is 11.0 Å². The molecule has 4 nitrogen and oxygen atoms in total. The minimum Gasteiger partial charge on any atom is -0.465 e. The van der Waals surface area contributed by atoms with Crippen molar-refractivity contribution in [2.24, 2.45) is 11.3 Å². The van der Waals surface area contributed by atoms with Crippen LogP contribution in [0.1, 0.15) is 33.1 Å². The Bertz CT molecular complexity index is 283. The van der Waals surface area contributed by atoms with E-state index in [1.807, 2.05) is 6.92 Å². The lowest BCUT2D eigenvalue weighted by atomic mass is 9.78. The van der Waals surface area contributed by atoms with Gasteiger partial charge >= 0.3 is 5.97 Å². The molecule has 92 valence electrons. The number of esters is 1. The Kier molecular flexibility index (Phi) is 2.97. The van der Waals surface area contributed by atoms with Gasteiger partial charge in [0.15, 0.2) is 0 Å². The van der Waals surface area contributed by atoms with Gasteiger partial charge in [0.25, 0.3) is 0 Å². The van der Waals surface area contributed by atoms with Crippen LogP contribution in [0.5, 0.6) is 0 Å². The van der Waals surface area contributed by atoms with Crippen LogP contribution in [-0.2, 0) is 14.3 Å². The molecule has 3 unspecified atom stereocenters. The highest BCUT2D eigenvalue weighted by molar-refractivity contribution is 5.82. The fraction of sp³-hybridized carbons (Fsp3) is 0.917. The molecule has 1 heterocycles. The summed E-state index contributed by atoms with van der Waals surface area (Å²) in [4.78, 5) is 12.0. The van der Waals surface area contributed by atoms with Crippen molar-refractivity contribution in [3.8, 4) is 0 Å². The van der Waals surface area contributed by atoms with E-state index in [-0.39, 0.29) is 18.5 Å². The van der Waals surface area contributed by atoms with Crippen molar-refractivity contribution in [1.29, 1.82) is 0 Å². The molecule has 2 fully saturated rings. The number of rotatable bonds is 3. The van der Waals surface area contributed by atoms with E-state index in [4.69, 9.17) is 9.47 Å². The summed E-state index contributed by atoms with van der Waals surface area (Å²) in [7, 11) is 0. The van der Waals surface area contributed by atoms with Crippen LogP contribution >= 0.6 is 0 Å². The van der Waals surface area contributed by atoms with Crippen molar-refractivity contribution in [3.63, 3.8) is 0 Å². The van der Waals surface area contributed by atoms with Gasteiger partial charge < -0.3 is 14.6 Å². The van der Waals surface area contributed by atoms with Crippen LogP contribution in [0.2, 0.25) is 0 Å². The highest BCUT2D eigenvalue weighted by Crippen LogP contribution is 2.62. The molecule has 4 heteroatoms. The predicted octanol–water partition coefficient (Wildman–Crippen LogP) is 1.12. The summed E-state index contributed by atoms with van der Waals surface area (Å²) in [6.45, 7) is 5.08. The molecule has 0 aromatic carbocycles. The molecule has 16 heavy (non-hydrogen) atoms. The normalized spacial score (nSPS) is 42.8. The summed E-state index contributed by atoms with van der Waals surface area (Å²) in [5.74, 6) is -0.0613. The zero-order valence-corrected chi connectivity index (χ0v) is 9.99. The number of carbonyl (C=O) groups excluding carboxylic acids is 1. The number of ether oxygens (including phenoxy) is 2. The second-order valence-electron chi connectivity index (χ2n) is 4.98. The largest absolute Gasteiger partial charge is 0.465 e. The van der Waals surface area contributed by atoms with Gasteiger partial charge in [-0.25, -0.2) is 0 Å². The van der Waals surface area contributed by atoms with Crippen molar-refractivity contribution >= 4 is 5.97 Å². The summed E-state index contributed by atoms with van der Waals surface area (Å²) in [6, 6.07) is 0. The molecule has 0 spiro atoms. The number of hydrogen-bond donors (Lipinski definition) is 1. The van der Waals surface area contributed by atoms with Gasteiger partial charge in [-0.05, 0) is 32.1 Å². The van der Waals surface area contributed by atoms with Gasteiger partial charge in [-0.2, -0.15) is 0 Å². The van der Waals surface area contributed by atoms with Crippen molar-refractivity contribution in [3.05, 3.63) is 0 Å². The van der Waals surface area contributed by atoms with Gasteiger partial charge in [0.1, 0.15) is 11.0 Å². The molecule has 0 bridgehead atoms. The average molecular weight is 228 g/mol. The fourth-order valence-corrected chi connectivity index (χ4v) is 2.94. The maximum absolute atomic E-state index is 12.0. The third-order valence-corrected chi connectivity index (χ3v) is 4.00. The molecule has 2 aliphatic rings. The standard InChI is InChI=1S/C12H20O4/c1-3-16-10(13)12(7-9(12)2)11(14)5-4-6-15-8-11/h9,14H,3-8H2,1-2H3. The molecule has 0 aromatic rings. The molecule has 2 rings (SSSR count). The van der Waals surface area contributed by atoms with E-state index in [0.717, 1.165) is 6.42 Å². The average Bonchev–Trinajstić information content (AvgIpc) is 2.94. The van der Waals surface area contributed by atoms with E-state index in [0.29, 0.717) is 26.1 Å². The first kappa shape index (κ1) is 11.9. The minimum absolute atomic E-state index is 0.193. The van der Waals surface area contributed by atoms with Gasteiger partial charge in [0.2, 0.25) is 0 Å². The first-order valence-corrected chi connectivity index (χ1v) is 6.04. The number of carbonyl (C=O) groups is 1. The third kappa shape index (κ3) is 1.55. The van der Waals surface area contributed by atoms with Crippen molar-refractivity contribution < 1.29 is 19.4 Å². The molecule has 3 atom stereocenters. The van der Waals surface area contributed by atoms with E-state index in [2.05, 4.69) is 0 Å². The number of aliphatic hydroxyl groups is 1. The molecule has 1 saturated carbocycles. The lowest BCUT2D eigenvalue weighted by Crippen LogP contribution is -2.52. The maximum atomic E-state index is 12.0. The van der Waals surface area contributed by atoms with E-state index in [9.17, 15) is 9.90 Å². The van der Waals surface area contributed by atoms with E-state index in [1.165, 1.54) is 0 Å². The van der Waals surface area contributed by atoms with Crippen LogP contribution in [-0.4, -0.2) is 36.5 Å². The van der Waals surface area contributed by atoms with Crippen LogP contribution < -0.4 is 0 Å². The van der Waals surface area contributed by atoms with Gasteiger partial charge in [0, 0.05) is 6.61 Å². The van der Waals surface area contributed by atoms with Gasteiger partial charge in [-0.15, -0.1) is 0 Å². The van der Waals surface area contributed by atoms with Gasteiger partial charge in [0.05, 0.1) is 13.2 Å². The summed E-state index contributed by atoms with van der Waals surface area (Å²) < 4.78 is 10.4. The summed E-state index contributed by atoms with van der Waals surface area (Å²) in [5.41, 5.74) is -1.72. The van der Waals surface area contributed by atoms with Crippen molar-refractivity contribution in [2.45, 2.75) is 38.7 Å². The Hall–Kier alpha value is -0.610. The monoisotopic (exact) mass is 228 g/mol. The maximum Gasteiger partial charge on any atom is 0.315 e. The van der Waals surface area contributed by atoms with Crippen LogP contribution in [0.15, 0.2) is 0 Å². The molecule has 1 N–H and O–H groups in total. The Morgan fingerprint density at radius 3 is 2.75 bits per heavy atom. The second kappa shape index (κ2) is 4.00. The van der Waals surface area contributed by atoms with Crippen LogP contribution in [0.4, 0.5) is 0 Å². The summed E-state index contributed by atoms with van der Waals surface area (Å²) >= 11 is 0. The lowest BCUT2D eigenvalue weighted by Gasteiger charge is -2.38. The molecule has 1 aliphatic carbocycles. The van der Waals surface area contributed by atoms with Crippen molar-refractivity contribution in [1.82, 2.24) is 0 Å². The molecule has 1 aliphatic heterocycles. The molecular formula is C12H20O4. The Morgan fingerprint density at radius 1 is 1.62 bits per heavy atom. The first-order valence-electron chi connectivity index (χ1n) is 6.04. The van der Waals surface area contributed by atoms with E-state index in [1.54, 1.807) is 6.92 Å². The zero-order chi connectivity index (χ0) is 11.8. The molecule has 0 radical (unpaired) electrons. The first-order chi connectivity index (χ1) is 7.57. The van der Waals surface area contributed by atoms with Gasteiger partial charge in [-0.3, -0.25) is 4.79 Å². The number of hydrogen-bond acceptors (Lipinski definition) is 4. The lowest BCUT2D eigenvalue weighted by molar-refractivity contribution is -0.178. The zero-order valence-electron chi connectivity index (χ0n) is 9.99. The van der Waals surface area contributed by atoms with Crippen molar-refractivity contribution in [2.75, 3.05) is 19.8 Å².